The van der Waals surface area contributed by atoms with Crippen LogP contribution < -0.4 is 10.9 Å². The molecule has 2 rings (SSSR count). The van der Waals surface area contributed by atoms with E-state index in [1.54, 1.807) is 6.20 Å². The summed E-state index contributed by atoms with van der Waals surface area (Å²) in [6, 6.07) is 0. The number of aromatic nitrogens is 2. The fraction of sp³-hybridized carbons (Fsp3) is 0.714. The van der Waals surface area contributed by atoms with Crippen molar-refractivity contribution in [2.24, 2.45) is 5.92 Å². The minimum absolute atomic E-state index is 0.211. The highest BCUT2D eigenvalue weighted by Gasteiger charge is 2.36. The Kier molecular flexibility index (Phi) is 5.02. The molecule has 0 amide bonds. The van der Waals surface area contributed by atoms with E-state index in [1.165, 1.54) is 23.9 Å². The minimum Gasteiger partial charge on any atom is -0.381 e. The summed E-state index contributed by atoms with van der Waals surface area (Å²) < 4.78 is 1.74. The Morgan fingerprint density at radius 2 is 2.25 bits per heavy atom. The number of rotatable bonds is 6. The topological polar surface area (TPSA) is 46.9 Å². The molecule has 0 aromatic carbocycles. The quantitative estimate of drug-likeness (QED) is 0.875. The van der Waals surface area contributed by atoms with E-state index in [9.17, 15) is 4.79 Å². The largest absolute Gasteiger partial charge is 0.381 e. The van der Waals surface area contributed by atoms with E-state index in [-0.39, 0.29) is 10.6 Å². The van der Waals surface area contributed by atoms with Gasteiger partial charge in [-0.1, -0.05) is 31.9 Å². The molecule has 0 atom stereocenters. The molecule has 1 saturated carbocycles. The average molecular weight is 316 g/mol. The second-order valence-corrected chi connectivity index (χ2v) is 7.50. The van der Waals surface area contributed by atoms with Crippen molar-refractivity contribution in [1.82, 2.24) is 9.78 Å². The molecule has 1 heterocycles. The molecule has 1 aromatic rings. The van der Waals surface area contributed by atoms with Gasteiger partial charge in [-0.2, -0.15) is 16.9 Å². The van der Waals surface area contributed by atoms with Crippen LogP contribution in [0.3, 0.4) is 0 Å². The fourth-order valence-corrected chi connectivity index (χ4v) is 3.47. The van der Waals surface area contributed by atoms with Crippen molar-refractivity contribution in [1.29, 1.82) is 0 Å². The smallest absolute Gasteiger partial charge is 0.287 e. The van der Waals surface area contributed by atoms with Crippen LogP contribution in [0.4, 0.5) is 5.69 Å². The van der Waals surface area contributed by atoms with Gasteiger partial charge >= 0.3 is 0 Å². The van der Waals surface area contributed by atoms with Gasteiger partial charge in [0.15, 0.2) is 0 Å². The Hall–Kier alpha value is -0.680. The molecule has 0 spiro atoms. The number of nitrogens with zero attached hydrogens (tertiary/aromatic N) is 2. The molecule has 1 aliphatic carbocycles. The van der Waals surface area contributed by atoms with Gasteiger partial charge in [0.25, 0.3) is 5.56 Å². The SMILES string of the molecule is CSC1(CNc2cnn(CC(C)C)c(=O)c2Cl)CCC1. The van der Waals surface area contributed by atoms with Crippen LogP contribution >= 0.6 is 23.4 Å². The monoisotopic (exact) mass is 315 g/mol. The second kappa shape index (κ2) is 6.39. The first-order chi connectivity index (χ1) is 9.47. The number of halogens is 1. The van der Waals surface area contributed by atoms with Gasteiger partial charge in [0, 0.05) is 17.8 Å². The number of hydrogen-bond acceptors (Lipinski definition) is 4. The van der Waals surface area contributed by atoms with Gasteiger partial charge < -0.3 is 5.32 Å². The lowest BCUT2D eigenvalue weighted by Gasteiger charge is -2.40. The predicted octanol–water partition coefficient (Wildman–Crippen LogP) is 3.25. The highest BCUT2D eigenvalue weighted by molar-refractivity contribution is 8.00. The van der Waals surface area contributed by atoms with Gasteiger partial charge in [0.1, 0.15) is 5.02 Å². The van der Waals surface area contributed by atoms with Crippen LogP contribution in [0.1, 0.15) is 33.1 Å². The maximum atomic E-state index is 12.1. The maximum absolute atomic E-state index is 12.1. The Morgan fingerprint density at radius 1 is 1.55 bits per heavy atom. The summed E-state index contributed by atoms with van der Waals surface area (Å²) in [6.45, 7) is 5.52. The van der Waals surface area contributed by atoms with Crippen molar-refractivity contribution in [2.75, 3.05) is 18.1 Å². The molecule has 0 saturated heterocycles. The summed E-state index contributed by atoms with van der Waals surface area (Å²) in [7, 11) is 0. The molecule has 1 N–H and O–H groups in total. The third-order valence-electron chi connectivity index (χ3n) is 3.82. The molecule has 0 aliphatic heterocycles. The van der Waals surface area contributed by atoms with Crippen molar-refractivity contribution in [3.63, 3.8) is 0 Å². The van der Waals surface area contributed by atoms with Crippen LogP contribution in [0, 0.1) is 5.92 Å². The maximum Gasteiger partial charge on any atom is 0.287 e. The summed E-state index contributed by atoms with van der Waals surface area (Å²) in [6.07, 6.45) is 7.53. The van der Waals surface area contributed by atoms with E-state index in [2.05, 4.69) is 16.7 Å². The number of anilines is 1. The molecule has 0 bridgehead atoms. The third-order valence-corrected chi connectivity index (χ3v) is 5.61. The fourth-order valence-electron chi connectivity index (χ4n) is 2.34. The van der Waals surface area contributed by atoms with Crippen LogP contribution in [0.25, 0.3) is 0 Å². The Bertz CT molecular complexity index is 520. The van der Waals surface area contributed by atoms with E-state index >= 15 is 0 Å². The van der Waals surface area contributed by atoms with Gasteiger partial charge in [0.05, 0.1) is 11.9 Å². The second-order valence-electron chi connectivity index (χ2n) is 5.85. The third kappa shape index (κ3) is 3.31. The molecule has 1 fully saturated rings. The highest BCUT2D eigenvalue weighted by atomic mass is 35.5. The minimum atomic E-state index is -0.211. The van der Waals surface area contributed by atoms with Gasteiger partial charge in [-0.25, -0.2) is 4.68 Å². The summed E-state index contributed by atoms with van der Waals surface area (Å²) in [5, 5.41) is 7.75. The molecular weight excluding hydrogens is 294 g/mol. The summed E-state index contributed by atoms with van der Waals surface area (Å²) in [5.74, 6) is 0.366. The van der Waals surface area contributed by atoms with Crippen molar-refractivity contribution >= 4 is 29.1 Å². The van der Waals surface area contributed by atoms with Crippen molar-refractivity contribution in [2.45, 2.75) is 44.4 Å². The van der Waals surface area contributed by atoms with Crippen molar-refractivity contribution in [3.8, 4) is 0 Å². The van der Waals surface area contributed by atoms with E-state index in [0.717, 1.165) is 6.54 Å². The van der Waals surface area contributed by atoms with Crippen molar-refractivity contribution in [3.05, 3.63) is 21.6 Å². The normalized spacial score (nSPS) is 17.1. The van der Waals surface area contributed by atoms with Crippen LogP contribution in [0.2, 0.25) is 5.02 Å². The molecule has 4 nitrogen and oxygen atoms in total. The first-order valence-corrected chi connectivity index (χ1v) is 8.62. The van der Waals surface area contributed by atoms with Gasteiger partial charge in [0.2, 0.25) is 0 Å². The lowest BCUT2D eigenvalue weighted by molar-refractivity contribution is 0.379. The first-order valence-electron chi connectivity index (χ1n) is 7.02. The Morgan fingerprint density at radius 3 is 2.75 bits per heavy atom. The number of thioether (sulfide) groups is 1. The average Bonchev–Trinajstić information content (AvgIpc) is 2.36. The number of nitrogens with one attached hydrogen (secondary N) is 1. The molecule has 112 valence electrons. The van der Waals surface area contributed by atoms with Gasteiger partial charge in [-0.05, 0) is 25.0 Å². The summed E-state index contributed by atoms with van der Waals surface area (Å²) >= 11 is 8.06. The van der Waals surface area contributed by atoms with E-state index in [1.807, 2.05) is 25.6 Å². The zero-order chi connectivity index (χ0) is 14.8. The van der Waals surface area contributed by atoms with Gasteiger partial charge in [-0.3, -0.25) is 4.79 Å². The van der Waals surface area contributed by atoms with Crippen LogP contribution in [-0.4, -0.2) is 27.3 Å². The first kappa shape index (κ1) is 15.7. The Balaban J connectivity index is 2.09. The predicted molar refractivity (Wildman–Crippen MR) is 86.9 cm³/mol. The van der Waals surface area contributed by atoms with Crippen molar-refractivity contribution < 1.29 is 0 Å². The molecule has 20 heavy (non-hydrogen) atoms. The van der Waals surface area contributed by atoms with E-state index in [4.69, 9.17) is 11.6 Å². The molecule has 1 aromatic heterocycles. The Labute approximate surface area is 129 Å². The lowest BCUT2D eigenvalue weighted by atomic mass is 9.84. The van der Waals surface area contributed by atoms with E-state index in [0.29, 0.717) is 22.9 Å². The molecule has 0 radical (unpaired) electrons. The molecule has 0 unspecified atom stereocenters. The zero-order valence-electron chi connectivity index (χ0n) is 12.3. The van der Waals surface area contributed by atoms with Gasteiger partial charge in [-0.15, -0.1) is 0 Å². The van der Waals surface area contributed by atoms with Crippen LogP contribution in [0.5, 0.6) is 0 Å². The molecule has 6 heteroatoms. The zero-order valence-corrected chi connectivity index (χ0v) is 13.9. The summed E-state index contributed by atoms with van der Waals surface area (Å²) in [5.41, 5.74) is 0.439. The molecular formula is C14H22ClN3OS. The van der Waals surface area contributed by atoms with E-state index < -0.39 is 0 Å². The number of hydrogen-bond donors (Lipinski definition) is 1. The van der Waals surface area contributed by atoms with Crippen LogP contribution in [0.15, 0.2) is 11.0 Å². The van der Waals surface area contributed by atoms with Crippen LogP contribution in [-0.2, 0) is 6.54 Å². The summed E-state index contributed by atoms with van der Waals surface area (Å²) in [4.78, 5) is 12.1. The highest BCUT2D eigenvalue weighted by Crippen LogP contribution is 2.42. The lowest BCUT2D eigenvalue weighted by Crippen LogP contribution is -2.40. The standard InChI is InChI=1S/C14H22ClN3OS/c1-10(2)8-18-13(19)12(15)11(7-17-18)16-9-14(20-3)5-4-6-14/h7,10,16H,4-6,8-9H2,1-3H3. The molecule has 1 aliphatic rings.